The van der Waals surface area contributed by atoms with Gasteiger partial charge in [-0.05, 0) is 43.0 Å². The molecule has 0 bridgehead atoms. The van der Waals surface area contributed by atoms with Gasteiger partial charge in [-0.1, -0.05) is 18.2 Å². The predicted octanol–water partition coefficient (Wildman–Crippen LogP) is 2.22. The van der Waals surface area contributed by atoms with Crippen molar-refractivity contribution in [2.45, 2.75) is 32.4 Å². The Kier molecular flexibility index (Phi) is 3.08. The topological polar surface area (TPSA) is 56.9 Å². The Labute approximate surface area is 130 Å². The van der Waals surface area contributed by atoms with Gasteiger partial charge in [0.05, 0.1) is 5.92 Å². The Morgan fingerprint density at radius 2 is 2.23 bits per heavy atom. The lowest BCUT2D eigenvalue weighted by Gasteiger charge is -2.33. The molecule has 2 heterocycles. The van der Waals surface area contributed by atoms with Crippen molar-refractivity contribution in [1.29, 1.82) is 0 Å². The maximum Gasteiger partial charge on any atom is 0.228 e. The van der Waals surface area contributed by atoms with Gasteiger partial charge in [0.1, 0.15) is 0 Å². The van der Waals surface area contributed by atoms with Crippen molar-refractivity contribution in [3.05, 3.63) is 41.6 Å². The van der Waals surface area contributed by atoms with Crippen LogP contribution in [0.2, 0.25) is 0 Å². The Morgan fingerprint density at radius 1 is 1.36 bits per heavy atom. The number of amides is 1. The van der Waals surface area contributed by atoms with Crippen molar-refractivity contribution in [2.75, 3.05) is 6.54 Å². The highest BCUT2D eigenvalue weighted by atomic mass is 16.1. The highest BCUT2D eigenvalue weighted by Gasteiger charge is 2.32. The molecule has 1 aliphatic heterocycles. The molecule has 1 aliphatic carbocycles. The molecule has 0 saturated carbocycles. The summed E-state index contributed by atoms with van der Waals surface area (Å²) in [6.45, 7) is 4.71. The largest absolute Gasteiger partial charge is 0.361 e. The summed E-state index contributed by atoms with van der Waals surface area (Å²) in [7, 11) is 0. The van der Waals surface area contributed by atoms with Gasteiger partial charge in [0.25, 0.3) is 0 Å². The van der Waals surface area contributed by atoms with Gasteiger partial charge >= 0.3 is 0 Å². The van der Waals surface area contributed by atoms with Gasteiger partial charge in [-0.2, -0.15) is 0 Å². The second-order valence-electron chi connectivity index (χ2n) is 6.60. The van der Waals surface area contributed by atoms with Gasteiger partial charge in [-0.15, -0.1) is 0 Å². The minimum absolute atomic E-state index is 0.0932. The number of benzene rings is 1. The van der Waals surface area contributed by atoms with E-state index in [1.54, 1.807) is 0 Å². The highest BCUT2D eigenvalue weighted by Crippen LogP contribution is 2.38. The fourth-order valence-corrected chi connectivity index (χ4v) is 3.67. The zero-order valence-corrected chi connectivity index (χ0v) is 12.9. The lowest BCUT2D eigenvalue weighted by molar-refractivity contribution is -0.124. The van der Waals surface area contributed by atoms with E-state index in [1.165, 1.54) is 27.6 Å². The molecule has 1 aromatic heterocycles. The van der Waals surface area contributed by atoms with Gasteiger partial charge in [0.2, 0.25) is 5.91 Å². The number of hydrogen-bond acceptors (Lipinski definition) is 2. The van der Waals surface area contributed by atoms with Crippen molar-refractivity contribution >= 4 is 22.4 Å². The Hall–Kier alpha value is -2.07. The van der Waals surface area contributed by atoms with Crippen LogP contribution in [-0.2, 0) is 11.2 Å². The SMILES string of the molecule is CC(C)NC(=O)[C@@H]1C=C2c3cccc4[nH]cc(c34)C[C@H]2NC1. The number of rotatable bonds is 2. The average molecular weight is 295 g/mol. The van der Waals surface area contributed by atoms with Crippen LogP contribution in [0.5, 0.6) is 0 Å². The predicted molar refractivity (Wildman–Crippen MR) is 88.5 cm³/mol. The Bertz CT molecular complexity index is 772. The van der Waals surface area contributed by atoms with E-state index in [1.807, 2.05) is 13.8 Å². The summed E-state index contributed by atoms with van der Waals surface area (Å²) in [6.07, 6.45) is 5.27. The summed E-state index contributed by atoms with van der Waals surface area (Å²) < 4.78 is 0. The summed E-state index contributed by atoms with van der Waals surface area (Å²) in [5.41, 5.74) is 5.08. The van der Waals surface area contributed by atoms with Crippen LogP contribution in [0, 0.1) is 5.92 Å². The standard InChI is InChI=1S/C18H21N3O/c1-10(2)21-18(22)12-6-14-13-4-3-5-15-17(13)11(8-19-15)7-16(14)20-9-12/h3-6,8,10,12,16,19-20H,7,9H2,1-2H3,(H,21,22)/t12-,16-/m1/s1. The third kappa shape index (κ3) is 2.06. The minimum atomic E-state index is -0.0932. The normalized spacial score (nSPS) is 23.3. The number of carbonyl (C=O) groups excluding carboxylic acids is 1. The number of carbonyl (C=O) groups is 1. The molecular formula is C18H21N3O. The molecule has 2 aromatic rings. The number of fused-ring (bicyclic) bond motifs is 2. The molecule has 22 heavy (non-hydrogen) atoms. The lowest BCUT2D eigenvalue weighted by Crippen LogP contribution is -2.46. The van der Waals surface area contributed by atoms with Crippen molar-refractivity contribution in [3.63, 3.8) is 0 Å². The minimum Gasteiger partial charge on any atom is -0.361 e. The van der Waals surface area contributed by atoms with Crippen LogP contribution < -0.4 is 10.6 Å². The van der Waals surface area contributed by atoms with Crippen LogP contribution in [0.3, 0.4) is 0 Å². The summed E-state index contributed by atoms with van der Waals surface area (Å²) in [6, 6.07) is 6.86. The molecule has 0 unspecified atom stereocenters. The molecule has 4 heteroatoms. The van der Waals surface area contributed by atoms with Crippen molar-refractivity contribution in [3.8, 4) is 0 Å². The highest BCUT2D eigenvalue weighted by molar-refractivity contribution is 5.99. The summed E-state index contributed by atoms with van der Waals surface area (Å²) >= 11 is 0. The first-order chi connectivity index (χ1) is 10.6. The second kappa shape index (κ2) is 4.99. The van der Waals surface area contributed by atoms with E-state index in [0.29, 0.717) is 12.6 Å². The van der Waals surface area contributed by atoms with Crippen LogP contribution in [-0.4, -0.2) is 29.5 Å². The second-order valence-corrected chi connectivity index (χ2v) is 6.60. The van der Waals surface area contributed by atoms with E-state index in [-0.39, 0.29) is 17.9 Å². The van der Waals surface area contributed by atoms with Crippen LogP contribution in [0.4, 0.5) is 0 Å². The molecule has 114 valence electrons. The van der Waals surface area contributed by atoms with Crippen molar-refractivity contribution in [1.82, 2.24) is 15.6 Å². The molecule has 1 aromatic carbocycles. The Balaban J connectivity index is 1.76. The molecular weight excluding hydrogens is 274 g/mol. The Morgan fingerprint density at radius 3 is 3.05 bits per heavy atom. The number of nitrogens with one attached hydrogen (secondary N) is 3. The quantitative estimate of drug-likeness (QED) is 0.795. The monoisotopic (exact) mass is 295 g/mol. The van der Waals surface area contributed by atoms with Crippen LogP contribution in [0.1, 0.15) is 25.0 Å². The molecule has 0 fully saturated rings. The van der Waals surface area contributed by atoms with Gasteiger partial charge in [-0.3, -0.25) is 4.79 Å². The molecule has 2 atom stereocenters. The molecule has 4 nitrogen and oxygen atoms in total. The summed E-state index contributed by atoms with van der Waals surface area (Å²) in [4.78, 5) is 15.7. The number of aromatic nitrogens is 1. The van der Waals surface area contributed by atoms with Crippen LogP contribution in [0.25, 0.3) is 16.5 Å². The fraction of sp³-hybridized carbons (Fsp3) is 0.389. The zero-order valence-electron chi connectivity index (χ0n) is 12.9. The maximum absolute atomic E-state index is 12.3. The smallest absolute Gasteiger partial charge is 0.228 e. The first kappa shape index (κ1) is 13.6. The van der Waals surface area contributed by atoms with E-state index < -0.39 is 0 Å². The average Bonchev–Trinajstić information content (AvgIpc) is 2.91. The molecule has 2 aliphatic rings. The number of aromatic amines is 1. The number of hydrogen-bond donors (Lipinski definition) is 3. The summed E-state index contributed by atoms with van der Waals surface area (Å²) in [5.74, 6) is 0.0184. The van der Waals surface area contributed by atoms with Gasteiger partial charge in [0, 0.05) is 35.7 Å². The first-order valence-electron chi connectivity index (χ1n) is 7.98. The molecule has 0 spiro atoms. The van der Waals surface area contributed by atoms with E-state index in [2.05, 4.69) is 46.1 Å². The van der Waals surface area contributed by atoms with Crippen LogP contribution >= 0.6 is 0 Å². The first-order valence-corrected chi connectivity index (χ1v) is 7.98. The van der Waals surface area contributed by atoms with E-state index >= 15 is 0 Å². The third-order valence-corrected chi connectivity index (χ3v) is 4.63. The molecule has 4 rings (SSSR count). The van der Waals surface area contributed by atoms with Gasteiger partial charge in [0.15, 0.2) is 0 Å². The zero-order chi connectivity index (χ0) is 15.3. The lowest BCUT2D eigenvalue weighted by atomic mass is 9.80. The van der Waals surface area contributed by atoms with Crippen molar-refractivity contribution < 1.29 is 4.79 Å². The van der Waals surface area contributed by atoms with Gasteiger partial charge < -0.3 is 15.6 Å². The molecule has 1 amide bonds. The van der Waals surface area contributed by atoms with E-state index in [0.717, 1.165) is 6.42 Å². The molecule has 3 N–H and O–H groups in total. The van der Waals surface area contributed by atoms with Crippen LogP contribution in [0.15, 0.2) is 30.5 Å². The van der Waals surface area contributed by atoms with Crippen molar-refractivity contribution in [2.24, 2.45) is 5.92 Å². The van der Waals surface area contributed by atoms with Gasteiger partial charge in [-0.25, -0.2) is 0 Å². The third-order valence-electron chi connectivity index (χ3n) is 4.63. The molecule has 0 saturated heterocycles. The maximum atomic E-state index is 12.3. The summed E-state index contributed by atoms with van der Waals surface area (Å²) in [5, 5.41) is 7.89. The fourth-order valence-electron chi connectivity index (χ4n) is 3.67. The van der Waals surface area contributed by atoms with E-state index in [9.17, 15) is 4.79 Å². The number of H-pyrrole nitrogens is 1. The van der Waals surface area contributed by atoms with E-state index in [4.69, 9.17) is 0 Å². The molecule has 0 radical (unpaired) electrons.